The smallest absolute Gasteiger partial charge is 0.472 e. The number of hydrogen-bond acceptors (Lipinski definition) is 8. The number of hydrogen-bond donors (Lipinski definition) is 3. The molecule has 0 aliphatic carbocycles. The molecule has 0 bridgehead atoms. The van der Waals surface area contributed by atoms with Crippen molar-refractivity contribution >= 4 is 19.8 Å². The minimum Gasteiger partial charge on any atom is -0.480 e. The number of phosphoric ester groups is 1. The van der Waals surface area contributed by atoms with E-state index in [0.717, 1.165) is 51.4 Å². The van der Waals surface area contributed by atoms with Crippen molar-refractivity contribution in [3.8, 4) is 0 Å². The average Bonchev–Trinajstić information content (AvgIpc) is 3.15. The Morgan fingerprint density at radius 2 is 1.00 bits per heavy atom. The zero-order chi connectivity index (χ0) is 39.8. The highest BCUT2D eigenvalue weighted by Gasteiger charge is 2.27. The van der Waals surface area contributed by atoms with Gasteiger partial charge in [0.05, 0.1) is 19.8 Å². The molecule has 0 spiro atoms. The first-order valence-electron chi connectivity index (χ1n) is 22.2. The first-order chi connectivity index (χ1) is 26.2. The van der Waals surface area contributed by atoms with Crippen LogP contribution in [0.4, 0.5) is 0 Å². The molecule has 0 heterocycles. The van der Waals surface area contributed by atoms with Crippen LogP contribution >= 0.6 is 7.82 Å². The first kappa shape index (κ1) is 52.7. The highest BCUT2D eigenvalue weighted by Crippen LogP contribution is 2.43. The molecule has 54 heavy (non-hydrogen) atoms. The number of unbranched alkanes of at least 4 members (excludes halogenated alkanes) is 27. The number of carbonyl (C=O) groups excluding carboxylic acids is 1. The molecular weight excluding hydrogens is 705 g/mol. The van der Waals surface area contributed by atoms with E-state index in [1.165, 1.54) is 141 Å². The molecule has 0 amide bonds. The van der Waals surface area contributed by atoms with E-state index < -0.39 is 45.1 Å². The molecule has 0 aromatic carbocycles. The Morgan fingerprint density at radius 1 is 0.574 bits per heavy atom. The van der Waals surface area contributed by atoms with Crippen LogP contribution in [-0.4, -0.2) is 60.5 Å². The van der Waals surface area contributed by atoms with Crippen LogP contribution in [0.25, 0.3) is 0 Å². The number of esters is 1. The Balaban J connectivity index is 4.10. The Hall–Kier alpha value is -1.29. The minimum atomic E-state index is -4.61. The SMILES string of the molecule is CCC/C=C\CCCCCCCCOCC(COP(=O)(O)OCC(N)C(=O)O)OC(=O)CCCCCCCCCCCCCCCCCCCCCCC. The van der Waals surface area contributed by atoms with Gasteiger partial charge in [-0.15, -0.1) is 0 Å². The van der Waals surface area contributed by atoms with Gasteiger partial charge >= 0.3 is 19.8 Å². The van der Waals surface area contributed by atoms with Crippen LogP contribution in [0.2, 0.25) is 0 Å². The minimum absolute atomic E-state index is 0.0176. The fourth-order valence-electron chi connectivity index (χ4n) is 6.31. The molecule has 0 aromatic heterocycles. The van der Waals surface area contributed by atoms with Crippen molar-refractivity contribution in [2.45, 2.75) is 225 Å². The molecule has 0 aromatic rings. The topological polar surface area (TPSA) is 155 Å². The number of carboxylic acids is 1. The fourth-order valence-corrected chi connectivity index (χ4v) is 7.09. The van der Waals surface area contributed by atoms with E-state index in [9.17, 15) is 19.0 Å². The maximum Gasteiger partial charge on any atom is 0.472 e. The second-order valence-electron chi connectivity index (χ2n) is 15.2. The lowest BCUT2D eigenvalue weighted by molar-refractivity contribution is -0.154. The van der Waals surface area contributed by atoms with E-state index in [1.54, 1.807) is 0 Å². The van der Waals surface area contributed by atoms with Gasteiger partial charge in [-0.3, -0.25) is 18.6 Å². The number of carboxylic acid groups (broad SMARTS) is 1. The molecule has 0 aliphatic heterocycles. The van der Waals surface area contributed by atoms with Crippen molar-refractivity contribution in [3.05, 3.63) is 12.2 Å². The lowest BCUT2D eigenvalue weighted by atomic mass is 10.0. The molecule has 3 unspecified atom stereocenters. The van der Waals surface area contributed by atoms with Gasteiger partial charge in [0.1, 0.15) is 12.1 Å². The van der Waals surface area contributed by atoms with Crippen LogP contribution in [0, 0.1) is 0 Å². The van der Waals surface area contributed by atoms with E-state index in [1.807, 2.05) is 0 Å². The van der Waals surface area contributed by atoms with Crippen LogP contribution in [0.1, 0.15) is 213 Å². The third-order valence-corrected chi connectivity index (χ3v) is 10.7. The highest BCUT2D eigenvalue weighted by atomic mass is 31.2. The lowest BCUT2D eigenvalue weighted by Crippen LogP contribution is -2.34. The van der Waals surface area contributed by atoms with Crippen LogP contribution in [0.15, 0.2) is 12.2 Å². The second kappa shape index (κ2) is 39.9. The molecular formula is C43H84NO9P. The van der Waals surface area contributed by atoms with E-state index in [0.29, 0.717) is 6.61 Å². The zero-order valence-corrected chi connectivity index (χ0v) is 35.7. The van der Waals surface area contributed by atoms with Crippen molar-refractivity contribution in [2.75, 3.05) is 26.4 Å². The Kier molecular flexibility index (Phi) is 39.0. The molecule has 0 radical (unpaired) electrons. The van der Waals surface area contributed by atoms with Gasteiger partial charge < -0.3 is 25.2 Å². The summed E-state index contributed by atoms with van der Waals surface area (Å²) in [6.07, 6.45) is 41.3. The van der Waals surface area contributed by atoms with Gasteiger partial charge in [-0.1, -0.05) is 187 Å². The maximum absolute atomic E-state index is 12.6. The molecule has 0 saturated carbocycles. The van der Waals surface area contributed by atoms with Gasteiger partial charge in [-0.05, 0) is 32.1 Å². The highest BCUT2D eigenvalue weighted by molar-refractivity contribution is 7.47. The summed E-state index contributed by atoms with van der Waals surface area (Å²) in [6.45, 7) is 3.84. The van der Waals surface area contributed by atoms with Crippen molar-refractivity contribution < 1.29 is 42.7 Å². The summed E-state index contributed by atoms with van der Waals surface area (Å²) in [5, 5.41) is 8.88. The van der Waals surface area contributed by atoms with E-state index in [2.05, 4.69) is 26.0 Å². The van der Waals surface area contributed by atoms with Crippen molar-refractivity contribution in [2.24, 2.45) is 5.73 Å². The predicted octanol–water partition coefficient (Wildman–Crippen LogP) is 12.1. The maximum atomic E-state index is 12.6. The summed E-state index contributed by atoms with van der Waals surface area (Å²) in [5.74, 6) is -1.77. The summed E-state index contributed by atoms with van der Waals surface area (Å²) in [4.78, 5) is 33.5. The van der Waals surface area contributed by atoms with Crippen LogP contribution in [-0.2, 0) is 32.7 Å². The number of ether oxygens (including phenoxy) is 2. The summed E-state index contributed by atoms with van der Waals surface area (Å²) < 4.78 is 33.3. The molecule has 0 fully saturated rings. The Labute approximate surface area is 331 Å². The molecule has 11 heteroatoms. The van der Waals surface area contributed by atoms with Crippen molar-refractivity contribution in [1.82, 2.24) is 0 Å². The number of carbonyl (C=O) groups is 2. The van der Waals surface area contributed by atoms with Crippen LogP contribution in [0.5, 0.6) is 0 Å². The van der Waals surface area contributed by atoms with Crippen molar-refractivity contribution in [3.63, 3.8) is 0 Å². The standard InChI is InChI=1S/C43H84NO9P/c1-3-5-7-9-11-13-15-16-17-18-19-20-21-22-23-24-25-27-29-31-33-35-42(45)53-40(38-51-54(48,49)52-39-41(44)43(46)47)37-50-36-34-32-30-28-26-14-12-10-8-6-4-2/h8,10,40-41H,3-7,9,11-39,44H2,1-2H3,(H,46,47)(H,48,49)/b10-8-. The largest absolute Gasteiger partial charge is 0.480 e. The van der Waals surface area contributed by atoms with Gasteiger partial charge in [0.2, 0.25) is 0 Å². The lowest BCUT2D eigenvalue weighted by Gasteiger charge is -2.20. The number of allylic oxidation sites excluding steroid dienone is 2. The summed E-state index contributed by atoms with van der Waals surface area (Å²) >= 11 is 0. The third kappa shape index (κ3) is 39.0. The van der Waals surface area contributed by atoms with E-state index in [4.69, 9.17) is 29.4 Å². The fraction of sp³-hybridized carbons (Fsp3) is 0.907. The quantitative estimate of drug-likeness (QED) is 0.0235. The molecule has 0 rings (SSSR count). The molecule has 320 valence electrons. The number of nitrogens with two attached hydrogens (primary N) is 1. The molecule has 10 nitrogen and oxygen atoms in total. The number of aliphatic carboxylic acids is 1. The number of phosphoric acid groups is 1. The molecule has 0 saturated heterocycles. The van der Waals surface area contributed by atoms with E-state index in [-0.39, 0.29) is 13.0 Å². The van der Waals surface area contributed by atoms with Crippen LogP contribution < -0.4 is 5.73 Å². The van der Waals surface area contributed by atoms with E-state index >= 15 is 0 Å². The molecule has 0 aliphatic rings. The van der Waals surface area contributed by atoms with Gasteiger partial charge in [0, 0.05) is 13.0 Å². The summed E-state index contributed by atoms with van der Waals surface area (Å²) in [6, 6.07) is -1.47. The predicted molar refractivity (Wildman–Crippen MR) is 222 cm³/mol. The summed E-state index contributed by atoms with van der Waals surface area (Å²) in [7, 11) is -4.61. The normalized spacial score (nSPS) is 14.0. The molecule has 3 atom stereocenters. The summed E-state index contributed by atoms with van der Waals surface area (Å²) in [5.41, 5.74) is 5.35. The van der Waals surface area contributed by atoms with Gasteiger partial charge in [0.15, 0.2) is 0 Å². The first-order valence-corrected chi connectivity index (χ1v) is 23.7. The zero-order valence-electron chi connectivity index (χ0n) is 34.8. The number of rotatable bonds is 43. The van der Waals surface area contributed by atoms with Crippen molar-refractivity contribution in [1.29, 1.82) is 0 Å². The second-order valence-corrected chi connectivity index (χ2v) is 16.6. The van der Waals surface area contributed by atoms with Crippen LogP contribution in [0.3, 0.4) is 0 Å². The Bertz CT molecular complexity index is 919. The molecule has 4 N–H and O–H groups in total. The third-order valence-electron chi connectivity index (χ3n) is 9.78. The average molecular weight is 790 g/mol. The van der Waals surface area contributed by atoms with Gasteiger partial charge in [-0.25, -0.2) is 4.57 Å². The Morgan fingerprint density at radius 3 is 1.48 bits per heavy atom. The monoisotopic (exact) mass is 790 g/mol. The van der Waals surface area contributed by atoms with Gasteiger partial charge in [0.25, 0.3) is 0 Å². The van der Waals surface area contributed by atoms with Gasteiger partial charge in [-0.2, -0.15) is 0 Å².